The first kappa shape index (κ1) is 29.2. The summed E-state index contributed by atoms with van der Waals surface area (Å²) in [6, 6.07) is 7.76. The van der Waals surface area contributed by atoms with Crippen LogP contribution in [0.15, 0.2) is 24.3 Å². The summed E-state index contributed by atoms with van der Waals surface area (Å²) in [5.41, 5.74) is 1.03. The van der Waals surface area contributed by atoms with Crippen LogP contribution in [0.5, 0.6) is 5.75 Å². The van der Waals surface area contributed by atoms with Crippen LogP contribution < -0.4 is 4.74 Å². The number of benzene rings is 1. The van der Waals surface area contributed by atoms with E-state index in [4.69, 9.17) is 30.5 Å². The van der Waals surface area contributed by atoms with E-state index >= 15 is 0 Å². The van der Waals surface area contributed by atoms with E-state index in [1.807, 2.05) is 38.1 Å². The molecule has 0 aliphatic carbocycles. The molecule has 0 radical (unpaired) electrons. The van der Waals surface area contributed by atoms with Gasteiger partial charge in [-0.3, -0.25) is 4.79 Å². The summed E-state index contributed by atoms with van der Waals surface area (Å²) in [6.45, 7) is 4.27. The smallest absolute Gasteiger partial charge is 0.303 e. The van der Waals surface area contributed by atoms with E-state index < -0.39 is 17.9 Å². The SMILES string of the molecule is C#C[C@H](OCc1ccc(OC)cc1)[C@@H]1OC(C)(C)O[C@H]1CCCCCCCCCCCCC(=O)O. The Labute approximate surface area is 211 Å². The van der Waals surface area contributed by atoms with Crippen molar-refractivity contribution in [1.29, 1.82) is 0 Å². The number of carboxylic acids is 1. The largest absolute Gasteiger partial charge is 0.497 e. The highest BCUT2D eigenvalue weighted by Gasteiger charge is 2.44. The molecule has 1 heterocycles. The summed E-state index contributed by atoms with van der Waals surface area (Å²) in [5.74, 6) is 2.22. The lowest BCUT2D eigenvalue weighted by molar-refractivity contribution is -0.156. The zero-order chi connectivity index (χ0) is 25.5. The van der Waals surface area contributed by atoms with E-state index in [2.05, 4.69) is 5.92 Å². The van der Waals surface area contributed by atoms with Gasteiger partial charge >= 0.3 is 5.97 Å². The normalized spacial score (nSPS) is 19.8. The van der Waals surface area contributed by atoms with E-state index in [1.54, 1.807) is 7.11 Å². The molecule has 0 unspecified atom stereocenters. The Morgan fingerprint density at radius 3 is 2.11 bits per heavy atom. The molecular weight excluding hydrogens is 444 g/mol. The van der Waals surface area contributed by atoms with Gasteiger partial charge in [-0.25, -0.2) is 0 Å². The average Bonchev–Trinajstić information content (AvgIpc) is 3.14. The maximum absolute atomic E-state index is 10.5. The lowest BCUT2D eigenvalue weighted by Crippen LogP contribution is -2.36. The van der Waals surface area contributed by atoms with Gasteiger partial charge in [0.15, 0.2) is 5.79 Å². The molecule has 2 rings (SSSR count). The molecule has 1 aromatic rings. The second-order valence-corrected chi connectivity index (χ2v) is 9.85. The first-order valence-electron chi connectivity index (χ1n) is 13.1. The quantitative estimate of drug-likeness (QED) is 0.188. The van der Waals surface area contributed by atoms with Crippen LogP contribution in [0, 0.1) is 12.3 Å². The van der Waals surface area contributed by atoms with Crippen LogP contribution in [0.3, 0.4) is 0 Å². The number of carboxylic acid groups (broad SMARTS) is 1. The number of hydrogen-bond acceptors (Lipinski definition) is 5. The third-order valence-electron chi connectivity index (χ3n) is 6.40. The lowest BCUT2D eigenvalue weighted by atomic mass is 10.0. The van der Waals surface area contributed by atoms with Crippen LogP contribution in [-0.2, 0) is 25.6 Å². The number of terminal acetylenes is 1. The average molecular weight is 489 g/mol. The molecule has 0 aromatic heterocycles. The fourth-order valence-corrected chi connectivity index (χ4v) is 4.52. The van der Waals surface area contributed by atoms with Crippen molar-refractivity contribution in [3.63, 3.8) is 0 Å². The molecule has 6 heteroatoms. The van der Waals surface area contributed by atoms with E-state index in [0.29, 0.717) is 13.0 Å². The number of methoxy groups -OCH3 is 1. The summed E-state index contributed by atoms with van der Waals surface area (Å²) in [5, 5.41) is 8.65. The van der Waals surface area contributed by atoms with Crippen molar-refractivity contribution in [2.24, 2.45) is 0 Å². The van der Waals surface area contributed by atoms with E-state index in [9.17, 15) is 4.79 Å². The van der Waals surface area contributed by atoms with Gasteiger partial charge in [-0.1, -0.05) is 75.8 Å². The predicted molar refractivity (Wildman–Crippen MR) is 137 cm³/mol. The molecule has 0 spiro atoms. The Morgan fingerprint density at radius 2 is 1.57 bits per heavy atom. The van der Waals surface area contributed by atoms with E-state index in [1.165, 1.54) is 38.5 Å². The number of unbranched alkanes of at least 4 members (excludes halogenated alkanes) is 9. The molecule has 196 valence electrons. The van der Waals surface area contributed by atoms with Gasteiger partial charge in [-0.2, -0.15) is 0 Å². The molecule has 0 amide bonds. The van der Waals surface area contributed by atoms with E-state index in [-0.39, 0.29) is 12.2 Å². The van der Waals surface area contributed by atoms with Gasteiger partial charge in [0.05, 0.1) is 19.8 Å². The van der Waals surface area contributed by atoms with Crippen molar-refractivity contribution >= 4 is 5.97 Å². The van der Waals surface area contributed by atoms with Crippen LogP contribution in [0.1, 0.15) is 96.5 Å². The summed E-state index contributed by atoms with van der Waals surface area (Å²) in [7, 11) is 1.65. The Hall–Kier alpha value is -2.07. The third kappa shape index (κ3) is 11.5. The lowest BCUT2D eigenvalue weighted by Gasteiger charge is -2.23. The number of ether oxygens (including phenoxy) is 4. The number of carbonyl (C=O) groups is 1. The molecule has 3 atom stereocenters. The van der Waals surface area contributed by atoms with Gasteiger partial charge in [0, 0.05) is 6.42 Å². The molecule has 1 aliphatic heterocycles. The second-order valence-electron chi connectivity index (χ2n) is 9.85. The number of hydrogen-bond donors (Lipinski definition) is 1. The van der Waals surface area contributed by atoms with Gasteiger partial charge in [0.25, 0.3) is 0 Å². The molecule has 0 bridgehead atoms. The fraction of sp³-hybridized carbons (Fsp3) is 0.690. The topological polar surface area (TPSA) is 74.2 Å². The zero-order valence-electron chi connectivity index (χ0n) is 21.8. The van der Waals surface area contributed by atoms with Crippen LogP contribution in [0.25, 0.3) is 0 Å². The first-order valence-corrected chi connectivity index (χ1v) is 13.1. The summed E-state index contributed by atoms with van der Waals surface area (Å²) < 4.78 is 23.6. The molecule has 1 fully saturated rings. The summed E-state index contributed by atoms with van der Waals surface area (Å²) in [4.78, 5) is 10.5. The second kappa shape index (κ2) is 15.8. The highest BCUT2D eigenvalue weighted by atomic mass is 16.8. The number of rotatable bonds is 18. The molecular formula is C29H44O6. The summed E-state index contributed by atoms with van der Waals surface area (Å²) in [6.07, 6.45) is 17.5. The minimum atomic E-state index is -0.689. The van der Waals surface area contributed by atoms with E-state index in [0.717, 1.165) is 43.4 Å². The van der Waals surface area contributed by atoms with Crippen molar-refractivity contribution in [2.45, 2.75) is 122 Å². The van der Waals surface area contributed by atoms with Crippen LogP contribution in [0.4, 0.5) is 0 Å². The molecule has 6 nitrogen and oxygen atoms in total. The molecule has 35 heavy (non-hydrogen) atoms. The molecule has 1 aromatic carbocycles. The first-order chi connectivity index (χ1) is 16.8. The maximum atomic E-state index is 10.5. The Kier molecular flexibility index (Phi) is 13.2. The standard InChI is InChI=1S/C29H44O6/c1-5-25(33-22-23-18-20-24(32-4)21-19-23)28-26(34-29(2,3)35-28)16-14-12-10-8-6-7-9-11-13-15-17-27(30)31/h1,18-21,25-26,28H,6-17,22H2,2-4H3,(H,30,31)/t25-,26-,28-/m0/s1. The van der Waals surface area contributed by atoms with Gasteiger partial charge in [-0.15, -0.1) is 6.42 Å². The van der Waals surface area contributed by atoms with Crippen molar-refractivity contribution in [3.8, 4) is 18.1 Å². The minimum absolute atomic E-state index is 0.0762. The Balaban J connectivity index is 1.65. The Morgan fingerprint density at radius 1 is 1.00 bits per heavy atom. The predicted octanol–water partition coefficient (Wildman–Crippen LogP) is 6.50. The van der Waals surface area contributed by atoms with Crippen LogP contribution >= 0.6 is 0 Å². The zero-order valence-corrected chi connectivity index (χ0v) is 21.8. The van der Waals surface area contributed by atoms with Gasteiger partial charge in [0.1, 0.15) is 18.0 Å². The minimum Gasteiger partial charge on any atom is -0.497 e. The highest BCUT2D eigenvalue weighted by Crippen LogP contribution is 2.34. The highest BCUT2D eigenvalue weighted by molar-refractivity contribution is 5.66. The van der Waals surface area contributed by atoms with Crippen molar-refractivity contribution in [1.82, 2.24) is 0 Å². The van der Waals surface area contributed by atoms with Crippen molar-refractivity contribution in [2.75, 3.05) is 7.11 Å². The monoisotopic (exact) mass is 488 g/mol. The van der Waals surface area contributed by atoms with Crippen LogP contribution in [0.2, 0.25) is 0 Å². The van der Waals surface area contributed by atoms with Crippen molar-refractivity contribution in [3.05, 3.63) is 29.8 Å². The van der Waals surface area contributed by atoms with Crippen LogP contribution in [-0.4, -0.2) is 42.3 Å². The fourth-order valence-electron chi connectivity index (χ4n) is 4.52. The molecule has 0 saturated carbocycles. The molecule has 1 saturated heterocycles. The maximum Gasteiger partial charge on any atom is 0.303 e. The third-order valence-corrected chi connectivity index (χ3v) is 6.40. The summed E-state index contributed by atoms with van der Waals surface area (Å²) >= 11 is 0. The number of aliphatic carboxylic acids is 1. The molecule has 1 N–H and O–H groups in total. The molecule has 1 aliphatic rings. The van der Waals surface area contributed by atoms with Gasteiger partial charge < -0.3 is 24.1 Å². The van der Waals surface area contributed by atoms with Gasteiger partial charge in [0.2, 0.25) is 0 Å². The van der Waals surface area contributed by atoms with Crippen molar-refractivity contribution < 1.29 is 28.8 Å². The Bertz CT molecular complexity index is 766. The van der Waals surface area contributed by atoms with Gasteiger partial charge in [-0.05, 0) is 44.4 Å².